The minimum Gasteiger partial charge on any atom is -0.355 e. The molecular weight excluding hydrogens is 230 g/mol. The number of hydrogen-bond donors (Lipinski definition) is 3. The zero-order valence-corrected chi connectivity index (χ0v) is 10.7. The molecule has 3 N–H and O–H groups in total. The molecule has 0 heterocycles. The first-order chi connectivity index (χ1) is 8.63. The topological polar surface area (TPSA) is 70.2 Å². The second kappa shape index (κ2) is 7.32. The van der Waals surface area contributed by atoms with Crippen LogP contribution in [0.5, 0.6) is 0 Å². The first-order valence-electron chi connectivity index (χ1n) is 5.99. The minimum atomic E-state index is -0.541. The number of hydrogen-bond acceptors (Lipinski definition) is 2. The molecule has 1 atom stereocenters. The number of carbonyl (C=O) groups is 2. The summed E-state index contributed by atoms with van der Waals surface area (Å²) in [6.45, 7) is 4.47. The average molecular weight is 249 g/mol. The van der Waals surface area contributed by atoms with Gasteiger partial charge in [0, 0.05) is 13.1 Å². The van der Waals surface area contributed by atoms with Crippen LogP contribution >= 0.6 is 0 Å². The fraction of sp³-hybridized carbons (Fsp3) is 0.385. The van der Waals surface area contributed by atoms with Crippen molar-refractivity contribution in [3.63, 3.8) is 0 Å². The number of carbonyl (C=O) groups excluding carboxylic acids is 2. The standard InChI is InChI=1S/C13H19N3O2/c1-3-14-12(17)10(2)16-13(18)15-9-11-7-5-4-6-8-11/h4-8,10H,3,9H2,1-2H3,(H,14,17)(H2,15,16,18)/t10-/m1/s1. The van der Waals surface area contributed by atoms with Crippen molar-refractivity contribution < 1.29 is 9.59 Å². The summed E-state index contributed by atoms with van der Waals surface area (Å²) in [5, 5.41) is 7.91. The third-order valence-corrected chi connectivity index (χ3v) is 2.39. The summed E-state index contributed by atoms with van der Waals surface area (Å²) in [5.41, 5.74) is 1.01. The Kier molecular flexibility index (Phi) is 5.70. The highest BCUT2D eigenvalue weighted by molar-refractivity contribution is 5.86. The molecule has 0 aromatic heterocycles. The quantitative estimate of drug-likeness (QED) is 0.729. The van der Waals surface area contributed by atoms with E-state index in [4.69, 9.17) is 0 Å². The summed E-state index contributed by atoms with van der Waals surface area (Å²) < 4.78 is 0. The van der Waals surface area contributed by atoms with Gasteiger partial charge in [0.2, 0.25) is 5.91 Å². The van der Waals surface area contributed by atoms with Gasteiger partial charge in [0.1, 0.15) is 6.04 Å². The van der Waals surface area contributed by atoms with Gasteiger partial charge < -0.3 is 16.0 Å². The van der Waals surface area contributed by atoms with E-state index in [-0.39, 0.29) is 11.9 Å². The summed E-state index contributed by atoms with van der Waals surface area (Å²) in [4.78, 5) is 22.9. The largest absolute Gasteiger partial charge is 0.355 e. The van der Waals surface area contributed by atoms with E-state index in [1.54, 1.807) is 6.92 Å². The van der Waals surface area contributed by atoms with Crippen molar-refractivity contribution in [1.82, 2.24) is 16.0 Å². The summed E-state index contributed by atoms with van der Waals surface area (Å²) in [5.74, 6) is -0.188. The monoisotopic (exact) mass is 249 g/mol. The zero-order chi connectivity index (χ0) is 13.4. The number of urea groups is 1. The molecule has 3 amide bonds. The first kappa shape index (κ1) is 14.0. The SMILES string of the molecule is CCNC(=O)[C@@H](C)NC(=O)NCc1ccccc1. The van der Waals surface area contributed by atoms with E-state index in [2.05, 4.69) is 16.0 Å². The lowest BCUT2D eigenvalue weighted by atomic mass is 10.2. The number of rotatable bonds is 5. The van der Waals surface area contributed by atoms with Gasteiger partial charge in [-0.1, -0.05) is 30.3 Å². The van der Waals surface area contributed by atoms with Crippen molar-refractivity contribution >= 4 is 11.9 Å². The Morgan fingerprint density at radius 2 is 1.83 bits per heavy atom. The van der Waals surface area contributed by atoms with Crippen LogP contribution in [0, 0.1) is 0 Å². The Hall–Kier alpha value is -2.04. The average Bonchev–Trinajstić information content (AvgIpc) is 2.38. The minimum absolute atomic E-state index is 0.188. The van der Waals surface area contributed by atoms with E-state index < -0.39 is 6.04 Å². The van der Waals surface area contributed by atoms with Gasteiger partial charge in [0.05, 0.1) is 0 Å². The predicted molar refractivity (Wildman–Crippen MR) is 70.0 cm³/mol. The maximum Gasteiger partial charge on any atom is 0.315 e. The Labute approximate surface area is 107 Å². The fourth-order valence-electron chi connectivity index (χ4n) is 1.42. The van der Waals surface area contributed by atoms with Crippen LogP contribution in [0.2, 0.25) is 0 Å². The Balaban J connectivity index is 2.31. The van der Waals surface area contributed by atoms with Crippen LogP contribution in [-0.4, -0.2) is 24.5 Å². The van der Waals surface area contributed by atoms with E-state index in [1.807, 2.05) is 37.3 Å². The van der Waals surface area contributed by atoms with Gasteiger partial charge in [-0.2, -0.15) is 0 Å². The normalized spacial score (nSPS) is 11.4. The van der Waals surface area contributed by atoms with Crippen molar-refractivity contribution in [2.24, 2.45) is 0 Å². The molecule has 0 spiro atoms. The van der Waals surface area contributed by atoms with Gasteiger partial charge in [0.25, 0.3) is 0 Å². The summed E-state index contributed by atoms with van der Waals surface area (Å²) in [6.07, 6.45) is 0. The maximum absolute atomic E-state index is 11.5. The molecule has 98 valence electrons. The summed E-state index contributed by atoms with van der Waals surface area (Å²) in [7, 11) is 0. The Morgan fingerprint density at radius 1 is 1.17 bits per heavy atom. The van der Waals surface area contributed by atoms with Crippen LogP contribution in [0.1, 0.15) is 19.4 Å². The molecule has 0 saturated carbocycles. The highest BCUT2D eigenvalue weighted by Gasteiger charge is 2.13. The Bertz CT molecular complexity index is 392. The first-order valence-corrected chi connectivity index (χ1v) is 5.99. The molecule has 0 unspecified atom stereocenters. The van der Waals surface area contributed by atoms with E-state index in [0.717, 1.165) is 5.56 Å². The van der Waals surface area contributed by atoms with Crippen molar-refractivity contribution in [2.45, 2.75) is 26.4 Å². The van der Waals surface area contributed by atoms with Gasteiger partial charge in [-0.05, 0) is 19.4 Å². The van der Waals surface area contributed by atoms with Crippen LogP contribution < -0.4 is 16.0 Å². The summed E-state index contributed by atoms with van der Waals surface area (Å²) >= 11 is 0. The molecule has 18 heavy (non-hydrogen) atoms. The molecule has 5 nitrogen and oxygen atoms in total. The molecule has 1 rings (SSSR count). The van der Waals surface area contributed by atoms with Crippen molar-refractivity contribution in [1.29, 1.82) is 0 Å². The number of nitrogens with one attached hydrogen (secondary N) is 3. The lowest BCUT2D eigenvalue weighted by Gasteiger charge is -2.14. The van der Waals surface area contributed by atoms with Gasteiger partial charge in [0.15, 0.2) is 0 Å². The van der Waals surface area contributed by atoms with Crippen LogP contribution in [0.15, 0.2) is 30.3 Å². The van der Waals surface area contributed by atoms with Crippen molar-refractivity contribution in [3.8, 4) is 0 Å². The molecule has 0 radical (unpaired) electrons. The second-order valence-corrected chi connectivity index (χ2v) is 3.93. The smallest absolute Gasteiger partial charge is 0.315 e. The number of amides is 3. The van der Waals surface area contributed by atoms with Crippen molar-refractivity contribution in [3.05, 3.63) is 35.9 Å². The van der Waals surface area contributed by atoms with E-state index >= 15 is 0 Å². The van der Waals surface area contributed by atoms with Gasteiger partial charge in [-0.25, -0.2) is 4.79 Å². The molecule has 5 heteroatoms. The predicted octanol–water partition coefficient (Wildman–Crippen LogP) is 1.01. The highest BCUT2D eigenvalue weighted by Crippen LogP contribution is 1.96. The van der Waals surface area contributed by atoms with Crippen LogP contribution in [0.25, 0.3) is 0 Å². The van der Waals surface area contributed by atoms with Gasteiger partial charge >= 0.3 is 6.03 Å². The molecule has 1 aromatic rings. The molecular formula is C13H19N3O2. The zero-order valence-electron chi connectivity index (χ0n) is 10.7. The molecule has 0 aliphatic carbocycles. The molecule has 1 aromatic carbocycles. The number of likely N-dealkylation sites (N-methyl/N-ethyl adjacent to an activating group) is 1. The molecule has 0 aliphatic heterocycles. The van der Waals surface area contributed by atoms with Crippen LogP contribution in [-0.2, 0) is 11.3 Å². The summed E-state index contributed by atoms with van der Waals surface area (Å²) in [6, 6.07) is 8.69. The van der Waals surface area contributed by atoms with E-state index in [1.165, 1.54) is 0 Å². The highest BCUT2D eigenvalue weighted by atomic mass is 16.2. The van der Waals surface area contributed by atoms with Crippen LogP contribution in [0.3, 0.4) is 0 Å². The lowest BCUT2D eigenvalue weighted by molar-refractivity contribution is -0.122. The van der Waals surface area contributed by atoms with Gasteiger partial charge in [-0.15, -0.1) is 0 Å². The second-order valence-electron chi connectivity index (χ2n) is 3.93. The number of benzene rings is 1. The third-order valence-electron chi connectivity index (χ3n) is 2.39. The molecule has 0 fully saturated rings. The fourth-order valence-corrected chi connectivity index (χ4v) is 1.42. The van der Waals surface area contributed by atoms with E-state index in [9.17, 15) is 9.59 Å². The molecule has 0 aliphatic rings. The lowest BCUT2D eigenvalue weighted by Crippen LogP contribution is -2.48. The third kappa shape index (κ3) is 4.86. The molecule has 0 bridgehead atoms. The molecule has 0 saturated heterocycles. The van der Waals surface area contributed by atoms with E-state index in [0.29, 0.717) is 13.1 Å². The van der Waals surface area contributed by atoms with Crippen molar-refractivity contribution in [2.75, 3.05) is 6.54 Å². The Morgan fingerprint density at radius 3 is 2.44 bits per heavy atom. The maximum atomic E-state index is 11.5. The van der Waals surface area contributed by atoms with Crippen LogP contribution in [0.4, 0.5) is 4.79 Å². The van der Waals surface area contributed by atoms with Gasteiger partial charge in [-0.3, -0.25) is 4.79 Å².